The molecule has 1 atom stereocenters. The molecule has 84 valence electrons. The molecule has 3 heterocycles. The number of fused-ring (bicyclic) bond motifs is 1. The van der Waals surface area contributed by atoms with Crippen molar-refractivity contribution in [3.05, 3.63) is 35.4 Å². The van der Waals surface area contributed by atoms with Crippen LogP contribution in [0, 0.1) is 5.92 Å². The lowest BCUT2D eigenvalue weighted by atomic mass is 10.1. The Labute approximate surface area is 99.0 Å². The molecule has 0 radical (unpaired) electrons. The van der Waals surface area contributed by atoms with Crippen LogP contribution >= 0.6 is 11.6 Å². The molecule has 1 fully saturated rings. The molecule has 0 aliphatic carbocycles. The monoisotopic (exact) mass is 236 g/mol. The Bertz CT molecular complexity index is 503. The molecule has 0 N–H and O–H groups in total. The summed E-state index contributed by atoms with van der Waals surface area (Å²) >= 11 is 6.10. The van der Waals surface area contributed by atoms with Crippen molar-refractivity contribution in [1.82, 2.24) is 9.38 Å². The Kier molecular flexibility index (Phi) is 2.58. The second-order valence-electron chi connectivity index (χ2n) is 4.22. The minimum Gasteiger partial charge on any atom is -0.381 e. The molecule has 1 aliphatic heterocycles. The summed E-state index contributed by atoms with van der Waals surface area (Å²) in [5.41, 5.74) is 0.984. The number of pyridine rings is 1. The summed E-state index contributed by atoms with van der Waals surface area (Å²) in [7, 11) is 0. The van der Waals surface area contributed by atoms with Gasteiger partial charge in [0.15, 0.2) is 0 Å². The van der Waals surface area contributed by atoms with E-state index in [4.69, 9.17) is 16.3 Å². The molecular weight excluding hydrogens is 224 g/mol. The van der Waals surface area contributed by atoms with Crippen molar-refractivity contribution >= 4 is 17.1 Å². The summed E-state index contributed by atoms with van der Waals surface area (Å²) in [5, 5.41) is 0.754. The first-order chi connectivity index (χ1) is 7.84. The van der Waals surface area contributed by atoms with Gasteiger partial charge in [-0.05, 0) is 24.5 Å². The maximum atomic E-state index is 6.10. The van der Waals surface area contributed by atoms with Gasteiger partial charge in [-0.1, -0.05) is 11.6 Å². The average molecular weight is 237 g/mol. The average Bonchev–Trinajstić information content (AvgIpc) is 2.90. The lowest BCUT2D eigenvalue weighted by molar-refractivity contribution is 0.185. The standard InChI is InChI=1S/C12H13ClN2O/c13-10-2-1-4-15-11(10)7-14-12(15)6-9-3-5-16-8-9/h1-2,4,7,9H,3,5-6,8H2. The Morgan fingerprint density at radius 1 is 1.56 bits per heavy atom. The van der Waals surface area contributed by atoms with Crippen LogP contribution in [0.25, 0.3) is 5.52 Å². The number of imidazole rings is 1. The number of hydrogen-bond acceptors (Lipinski definition) is 2. The summed E-state index contributed by atoms with van der Waals surface area (Å²) < 4.78 is 7.45. The van der Waals surface area contributed by atoms with Gasteiger partial charge in [-0.2, -0.15) is 0 Å². The van der Waals surface area contributed by atoms with E-state index in [9.17, 15) is 0 Å². The van der Waals surface area contributed by atoms with Crippen LogP contribution in [-0.2, 0) is 11.2 Å². The quantitative estimate of drug-likeness (QED) is 0.801. The predicted molar refractivity (Wildman–Crippen MR) is 62.8 cm³/mol. The number of aromatic nitrogens is 2. The van der Waals surface area contributed by atoms with Crippen molar-refractivity contribution in [2.45, 2.75) is 12.8 Å². The van der Waals surface area contributed by atoms with Crippen LogP contribution in [0.1, 0.15) is 12.2 Å². The molecule has 4 heteroatoms. The second kappa shape index (κ2) is 4.07. The molecule has 0 amide bonds. The van der Waals surface area contributed by atoms with Gasteiger partial charge in [0.2, 0.25) is 0 Å². The van der Waals surface area contributed by atoms with Crippen LogP contribution in [0.4, 0.5) is 0 Å². The molecule has 1 saturated heterocycles. The smallest absolute Gasteiger partial charge is 0.113 e. The van der Waals surface area contributed by atoms with E-state index in [1.165, 1.54) is 0 Å². The van der Waals surface area contributed by atoms with Gasteiger partial charge < -0.3 is 9.14 Å². The van der Waals surface area contributed by atoms with Gasteiger partial charge in [0.25, 0.3) is 0 Å². The van der Waals surface area contributed by atoms with E-state index in [1.54, 1.807) is 0 Å². The fourth-order valence-electron chi connectivity index (χ4n) is 2.19. The Morgan fingerprint density at radius 2 is 2.50 bits per heavy atom. The van der Waals surface area contributed by atoms with E-state index in [1.807, 2.05) is 24.5 Å². The highest BCUT2D eigenvalue weighted by Gasteiger charge is 2.18. The number of halogens is 1. The molecule has 2 aromatic rings. The molecule has 0 saturated carbocycles. The van der Waals surface area contributed by atoms with Crippen LogP contribution < -0.4 is 0 Å². The highest BCUT2D eigenvalue weighted by Crippen LogP contribution is 2.21. The van der Waals surface area contributed by atoms with E-state index < -0.39 is 0 Å². The summed E-state index contributed by atoms with van der Waals surface area (Å²) in [6.07, 6.45) is 5.96. The normalized spacial score (nSPS) is 20.7. The molecule has 0 spiro atoms. The van der Waals surface area contributed by atoms with E-state index in [2.05, 4.69) is 9.38 Å². The van der Waals surface area contributed by atoms with Crippen LogP contribution in [0.15, 0.2) is 24.5 Å². The van der Waals surface area contributed by atoms with Gasteiger partial charge in [0.1, 0.15) is 5.82 Å². The number of rotatable bonds is 2. The Hall–Kier alpha value is -1.06. The maximum absolute atomic E-state index is 6.10. The molecular formula is C12H13ClN2O. The lowest BCUT2D eigenvalue weighted by Crippen LogP contribution is -2.06. The van der Waals surface area contributed by atoms with Crippen LogP contribution in [0.5, 0.6) is 0 Å². The van der Waals surface area contributed by atoms with Crippen LogP contribution in [0.2, 0.25) is 5.02 Å². The Morgan fingerprint density at radius 3 is 3.31 bits per heavy atom. The van der Waals surface area contributed by atoms with Crippen molar-refractivity contribution in [3.8, 4) is 0 Å². The van der Waals surface area contributed by atoms with Crippen LogP contribution in [-0.4, -0.2) is 22.6 Å². The molecule has 16 heavy (non-hydrogen) atoms. The van der Waals surface area contributed by atoms with Gasteiger partial charge >= 0.3 is 0 Å². The van der Waals surface area contributed by atoms with Gasteiger partial charge in [-0.15, -0.1) is 0 Å². The van der Waals surface area contributed by atoms with E-state index in [0.29, 0.717) is 5.92 Å². The van der Waals surface area contributed by atoms with Gasteiger partial charge in [0.05, 0.1) is 16.7 Å². The van der Waals surface area contributed by atoms with Crippen LogP contribution in [0.3, 0.4) is 0 Å². The zero-order chi connectivity index (χ0) is 11.0. The fraction of sp³-hybridized carbons (Fsp3) is 0.417. The first-order valence-electron chi connectivity index (χ1n) is 5.53. The number of hydrogen-bond donors (Lipinski definition) is 0. The molecule has 1 unspecified atom stereocenters. The first-order valence-corrected chi connectivity index (χ1v) is 5.90. The number of ether oxygens (including phenoxy) is 1. The lowest BCUT2D eigenvalue weighted by Gasteiger charge is -2.06. The molecule has 1 aliphatic rings. The molecule has 0 aromatic carbocycles. The van der Waals surface area contributed by atoms with Crippen molar-refractivity contribution in [1.29, 1.82) is 0 Å². The first kappa shape index (κ1) is 10.1. The summed E-state index contributed by atoms with van der Waals surface area (Å²) in [5.74, 6) is 1.68. The third-order valence-corrected chi connectivity index (χ3v) is 3.41. The van der Waals surface area contributed by atoms with Crippen molar-refractivity contribution < 1.29 is 4.74 Å². The van der Waals surface area contributed by atoms with Crippen molar-refractivity contribution in [2.75, 3.05) is 13.2 Å². The van der Waals surface area contributed by atoms with Crippen molar-refractivity contribution in [2.24, 2.45) is 5.92 Å². The summed E-state index contributed by atoms with van der Waals surface area (Å²) in [6.45, 7) is 1.74. The Balaban J connectivity index is 1.94. The highest BCUT2D eigenvalue weighted by molar-refractivity contribution is 6.33. The molecule has 3 nitrogen and oxygen atoms in total. The summed E-state index contributed by atoms with van der Waals surface area (Å²) in [6, 6.07) is 3.84. The minimum atomic E-state index is 0.601. The van der Waals surface area contributed by atoms with Crippen molar-refractivity contribution in [3.63, 3.8) is 0 Å². The number of nitrogens with zero attached hydrogens (tertiary/aromatic N) is 2. The predicted octanol–water partition coefficient (Wildman–Crippen LogP) is 2.57. The third kappa shape index (κ3) is 1.70. The van der Waals surface area contributed by atoms with E-state index >= 15 is 0 Å². The molecule has 3 rings (SSSR count). The van der Waals surface area contributed by atoms with E-state index in [0.717, 1.165) is 42.4 Å². The maximum Gasteiger partial charge on any atom is 0.113 e. The van der Waals surface area contributed by atoms with Gasteiger partial charge in [-0.3, -0.25) is 0 Å². The third-order valence-electron chi connectivity index (χ3n) is 3.09. The van der Waals surface area contributed by atoms with Gasteiger partial charge in [-0.25, -0.2) is 4.98 Å². The zero-order valence-electron chi connectivity index (χ0n) is 8.90. The SMILES string of the molecule is Clc1cccn2c(CC3CCOC3)ncc12. The minimum absolute atomic E-state index is 0.601. The van der Waals surface area contributed by atoms with E-state index in [-0.39, 0.29) is 0 Å². The van der Waals surface area contributed by atoms with Gasteiger partial charge in [0, 0.05) is 25.8 Å². The molecule has 2 aromatic heterocycles. The zero-order valence-corrected chi connectivity index (χ0v) is 9.65. The molecule has 0 bridgehead atoms. The summed E-state index contributed by atoms with van der Waals surface area (Å²) in [4.78, 5) is 4.44. The highest BCUT2D eigenvalue weighted by atomic mass is 35.5. The fourth-order valence-corrected chi connectivity index (χ4v) is 2.41. The topological polar surface area (TPSA) is 26.5 Å². The largest absolute Gasteiger partial charge is 0.381 e. The second-order valence-corrected chi connectivity index (χ2v) is 4.63.